The maximum atomic E-state index is 12.8. The number of ether oxygens (including phenoxy) is 3. The zero-order valence-electron chi connectivity index (χ0n) is 25.0. The quantitative estimate of drug-likeness (QED) is 0.207. The molecule has 7 nitrogen and oxygen atoms in total. The van der Waals surface area contributed by atoms with Crippen molar-refractivity contribution >= 4 is 17.5 Å². The predicted octanol–water partition coefficient (Wildman–Crippen LogP) is 6.59. The van der Waals surface area contributed by atoms with Crippen LogP contribution in [0, 0.1) is 5.92 Å². The molecule has 0 aliphatic carbocycles. The highest BCUT2D eigenvalue weighted by atomic mass is 35.5. The van der Waals surface area contributed by atoms with E-state index in [4.69, 9.17) is 30.8 Å². The molecule has 1 radical (unpaired) electrons. The van der Waals surface area contributed by atoms with E-state index in [1.807, 2.05) is 18.2 Å². The Bertz CT molecular complexity index is 1290. The average molecular weight is 569 g/mol. The van der Waals surface area contributed by atoms with E-state index in [2.05, 4.69) is 49.7 Å². The van der Waals surface area contributed by atoms with Crippen LogP contribution < -0.4 is 19.5 Å². The Labute approximate surface area is 244 Å². The summed E-state index contributed by atoms with van der Waals surface area (Å²) < 4.78 is 18.6. The summed E-state index contributed by atoms with van der Waals surface area (Å²) in [7, 11) is 4.87. The van der Waals surface area contributed by atoms with Gasteiger partial charge in [-0.15, -0.1) is 0 Å². The molecule has 1 atom stereocenters. The molecule has 2 aromatic carbocycles. The number of halogens is 1. The molecule has 1 aromatic heterocycles. The molecule has 3 aromatic rings. The minimum atomic E-state index is -0.110. The van der Waals surface area contributed by atoms with Gasteiger partial charge in [0.25, 0.3) is 0 Å². The van der Waals surface area contributed by atoms with Crippen molar-refractivity contribution in [3.8, 4) is 17.2 Å². The van der Waals surface area contributed by atoms with Crippen LogP contribution in [0.25, 0.3) is 0 Å². The fourth-order valence-electron chi connectivity index (χ4n) is 5.10. The number of carbonyl (C=O) groups is 1. The molecular formula is C32H43ClN3O4. The fraction of sp³-hybridized carbons (Fsp3) is 0.500. The second-order valence-electron chi connectivity index (χ2n) is 10.0. The van der Waals surface area contributed by atoms with E-state index in [1.54, 1.807) is 21.3 Å². The first-order valence-electron chi connectivity index (χ1n) is 14.1. The number of imidazole rings is 1. The first-order chi connectivity index (χ1) is 19.3. The van der Waals surface area contributed by atoms with Crippen molar-refractivity contribution in [2.75, 3.05) is 21.3 Å². The molecule has 0 fully saturated rings. The minimum Gasteiger partial charge on any atom is -0.496 e. The molecule has 1 amide bonds. The maximum Gasteiger partial charge on any atom is 0.241 e. The number of aryl methyl sites for hydroxylation is 2. The Morgan fingerprint density at radius 3 is 2.33 bits per heavy atom. The van der Waals surface area contributed by atoms with E-state index in [9.17, 15) is 4.79 Å². The van der Waals surface area contributed by atoms with Gasteiger partial charge in [-0.05, 0) is 61.3 Å². The third-order valence-electron chi connectivity index (χ3n) is 7.37. The first kappa shape index (κ1) is 31.3. The number of rotatable bonds is 15. The summed E-state index contributed by atoms with van der Waals surface area (Å²) in [6.07, 6.45) is 4.46. The van der Waals surface area contributed by atoms with Gasteiger partial charge in [0.2, 0.25) is 5.91 Å². The fourth-order valence-corrected chi connectivity index (χ4v) is 5.41. The SMILES string of the molecule is CCc1ccc(OC)c(Cn2c(C[N]C(=O)CCC(C)Cc3ccc(OC)c(OC)c3Cl)nc(CC)c2CC)c1. The van der Waals surface area contributed by atoms with Crippen LogP contribution in [-0.4, -0.2) is 36.8 Å². The van der Waals surface area contributed by atoms with Gasteiger partial charge in [-0.3, -0.25) is 4.79 Å². The Morgan fingerprint density at radius 1 is 0.975 bits per heavy atom. The van der Waals surface area contributed by atoms with Gasteiger partial charge in [0, 0.05) is 17.7 Å². The van der Waals surface area contributed by atoms with Gasteiger partial charge in [-0.2, -0.15) is 0 Å². The molecule has 0 saturated heterocycles. The predicted molar refractivity (Wildman–Crippen MR) is 160 cm³/mol. The second-order valence-corrected chi connectivity index (χ2v) is 10.4. The van der Waals surface area contributed by atoms with Crippen LogP contribution in [0.1, 0.15) is 74.4 Å². The topological polar surface area (TPSA) is 76.7 Å². The zero-order valence-corrected chi connectivity index (χ0v) is 25.7. The van der Waals surface area contributed by atoms with E-state index in [1.165, 1.54) is 11.3 Å². The normalized spacial score (nSPS) is 11.8. The molecule has 0 bridgehead atoms. The number of hydrogen-bond donors (Lipinski definition) is 0. The molecule has 1 heterocycles. The van der Waals surface area contributed by atoms with E-state index in [0.29, 0.717) is 35.9 Å². The van der Waals surface area contributed by atoms with Crippen molar-refractivity contribution in [2.45, 2.75) is 79.3 Å². The Morgan fingerprint density at radius 2 is 1.70 bits per heavy atom. The van der Waals surface area contributed by atoms with Gasteiger partial charge in [0.05, 0.1) is 38.6 Å². The van der Waals surface area contributed by atoms with Crippen molar-refractivity contribution in [1.29, 1.82) is 0 Å². The van der Waals surface area contributed by atoms with Crippen LogP contribution >= 0.6 is 11.6 Å². The lowest BCUT2D eigenvalue weighted by Gasteiger charge is -2.16. The zero-order chi connectivity index (χ0) is 29.2. The van der Waals surface area contributed by atoms with E-state index in [0.717, 1.165) is 54.1 Å². The van der Waals surface area contributed by atoms with Crippen LogP contribution in [-0.2, 0) is 43.6 Å². The van der Waals surface area contributed by atoms with Gasteiger partial charge in [-0.25, -0.2) is 10.3 Å². The Balaban J connectivity index is 1.67. The highest BCUT2D eigenvalue weighted by molar-refractivity contribution is 6.33. The maximum absolute atomic E-state index is 12.8. The molecule has 0 aliphatic rings. The molecule has 217 valence electrons. The van der Waals surface area contributed by atoms with Crippen LogP contribution in [0.3, 0.4) is 0 Å². The van der Waals surface area contributed by atoms with E-state index >= 15 is 0 Å². The minimum absolute atomic E-state index is 0.110. The summed E-state index contributed by atoms with van der Waals surface area (Å²) in [6, 6.07) is 10.1. The van der Waals surface area contributed by atoms with Crippen molar-refractivity contribution in [1.82, 2.24) is 14.9 Å². The van der Waals surface area contributed by atoms with Gasteiger partial charge >= 0.3 is 0 Å². The summed E-state index contributed by atoms with van der Waals surface area (Å²) in [6.45, 7) is 9.42. The summed E-state index contributed by atoms with van der Waals surface area (Å²) >= 11 is 6.56. The number of amides is 1. The van der Waals surface area contributed by atoms with Gasteiger partial charge in [-0.1, -0.05) is 57.5 Å². The Hall–Kier alpha value is -3.19. The van der Waals surface area contributed by atoms with Crippen LogP contribution in [0.5, 0.6) is 17.2 Å². The van der Waals surface area contributed by atoms with Crippen molar-refractivity contribution in [3.05, 3.63) is 69.3 Å². The molecule has 40 heavy (non-hydrogen) atoms. The van der Waals surface area contributed by atoms with Crippen LogP contribution in [0.2, 0.25) is 5.02 Å². The molecular weight excluding hydrogens is 526 g/mol. The largest absolute Gasteiger partial charge is 0.496 e. The molecule has 3 rings (SSSR count). The number of hydrogen-bond acceptors (Lipinski definition) is 5. The smallest absolute Gasteiger partial charge is 0.241 e. The van der Waals surface area contributed by atoms with Crippen LogP contribution in [0.4, 0.5) is 0 Å². The molecule has 1 unspecified atom stereocenters. The molecule has 0 saturated carbocycles. The highest BCUT2D eigenvalue weighted by Crippen LogP contribution is 2.38. The van der Waals surface area contributed by atoms with Crippen molar-refractivity contribution in [3.63, 3.8) is 0 Å². The van der Waals surface area contributed by atoms with Gasteiger partial charge in [0.15, 0.2) is 11.5 Å². The lowest BCUT2D eigenvalue weighted by atomic mass is 9.96. The molecule has 0 aliphatic heterocycles. The monoisotopic (exact) mass is 568 g/mol. The number of methoxy groups -OCH3 is 3. The number of benzene rings is 2. The molecule has 0 N–H and O–H groups in total. The van der Waals surface area contributed by atoms with E-state index in [-0.39, 0.29) is 18.4 Å². The summed E-state index contributed by atoms with van der Waals surface area (Å²) in [4.78, 5) is 17.7. The summed E-state index contributed by atoms with van der Waals surface area (Å²) in [5.41, 5.74) is 5.58. The highest BCUT2D eigenvalue weighted by Gasteiger charge is 2.19. The van der Waals surface area contributed by atoms with Crippen LogP contribution in [0.15, 0.2) is 30.3 Å². The van der Waals surface area contributed by atoms with Crippen molar-refractivity contribution < 1.29 is 19.0 Å². The number of nitrogens with zero attached hydrogens (tertiary/aromatic N) is 3. The van der Waals surface area contributed by atoms with Gasteiger partial charge in [0.1, 0.15) is 18.1 Å². The molecule has 8 heteroatoms. The summed E-state index contributed by atoms with van der Waals surface area (Å²) in [5, 5.41) is 4.98. The average Bonchev–Trinajstić information content (AvgIpc) is 3.31. The number of aromatic nitrogens is 2. The molecule has 0 spiro atoms. The third kappa shape index (κ3) is 7.51. The second kappa shape index (κ2) is 15.0. The van der Waals surface area contributed by atoms with Gasteiger partial charge < -0.3 is 18.8 Å². The van der Waals surface area contributed by atoms with E-state index < -0.39 is 0 Å². The lowest BCUT2D eigenvalue weighted by Crippen LogP contribution is -2.20. The number of carbonyl (C=O) groups excluding carboxylic acids is 1. The van der Waals surface area contributed by atoms with Crippen molar-refractivity contribution in [2.24, 2.45) is 5.92 Å². The standard InChI is InChI=1S/C32H43ClN3O4/c1-8-22-12-14-27(38-5)24(18-22)20-36-26(10-3)25(9-2)35-29(36)19-34-30(37)16-11-21(4)17-23-13-15-28(39-6)32(40-7)31(23)33/h12-15,18,21H,8-11,16-17,19-20H2,1-7H3. The first-order valence-corrected chi connectivity index (χ1v) is 14.5. The lowest BCUT2D eigenvalue weighted by molar-refractivity contribution is -0.121. The summed E-state index contributed by atoms with van der Waals surface area (Å²) in [5.74, 6) is 2.94. The Kier molecular flexibility index (Phi) is 11.7. The third-order valence-corrected chi connectivity index (χ3v) is 7.78.